The Hall–Kier alpha value is -1.69. The number of aromatic nitrogens is 2. The number of hydrogen-bond donors (Lipinski definition) is 2. The maximum Gasteiger partial charge on any atom is 0.271 e. The van der Waals surface area contributed by atoms with Gasteiger partial charge in [0.2, 0.25) is 0 Å². The van der Waals surface area contributed by atoms with E-state index in [0.29, 0.717) is 24.7 Å². The third-order valence-electron chi connectivity index (χ3n) is 3.04. The molecule has 1 aliphatic rings. The lowest BCUT2D eigenvalue weighted by atomic mass is 10.3. The molecule has 0 atom stereocenters. The maximum absolute atomic E-state index is 11.8. The normalized spacial score (nSPS) is 14.1. The van der Waals surface area contributed by atoms with E-state index in [1.54, 1.807) is 12.1 Å². The molecule has 0 spiro atoms. The van der Waals surface area contributed by atoms with E-state index in [-0.39, 0.29) is 5.91 Å². The highest BCUT2D eigenvalue weighted by atomic mass is 16.5. The van der Waals surface area contributed by atoms with Crippen LogP contribution in [0.2, 0.25) is 0 Å². The Labute approximate surface area is 119 Å². The largest absolute Gasteiger partial charge is 0.379 e. The van der Waals surface area contributed by atoms with Crippen LogP contribution in [0, 0.1) is 5.92 Å². The van der Waals surface area contributed by atoms with Crippen LogP contribution in [-0.4, -0.2) is 42.4 Å². The number of anilines is 1. The van der Waals surface area contributed by atoms with E-state index in [1.807, 2.05) is 0 Å². The van der Waals surface area contributed by atoms with Crippen LogP contribution in [-0.2, 0) is 4.74 Å². The van der Waals surface area contributed by atoms with Crippen LogP contribution in [0.3, 0.4) is 0 Å². The van der Waals surface area contributed by atoms with Gasteiger partial charge in [0.15, 0.2) is 5.69 Å². The summed E-state index contributed by atoms with van der Waals surface area (Å²) in [5.41, 5.74) is 0.328. The zero-order valence-corrected chi connectivity index (χ0v) is 11.9. The summed E-state index contributed by atoms with van der Waals surface area (Å²) in [6.45, 7) is 4.79. The summed E-state index contributed by atoms with van der Waals surface area (Å²) in [4.78, 5) is 11.8. The van der Waals surface area contributed by atoms with E-state index < -0.39 is 0 Å². The van der Waals surface area contributed by atoms with Crippen molar-refractivity contribution in [2.24, 2.45) is 5.92 Å². The van der Waals surface area contributed by atoms with Crippen molar-refractivity contribution in [3.63, 3.8) is 0 Å². The van der Waals surface area contributed by atoms with Crippen LogP contribution < -0.4 is 10.6 Å². The zero-order valence-electron chi connectivity index (χ0n) is 11.9. The molecule has 0 radical (unpaired) electrons. The molecule has 6 heteroatoms. The van der Waals surface area contributed by atoms with E-state index in [4.69, 9.17) is 4.74 Å². The van der Waals surface area contributed by atoms with E-state index in [1.165, 1.54) is 12.8 Å². The molecule has 1 saturated carbocycles. The highest BCUT2D eigenvalue weighted by Gasteiger charge is 2.20. The molecular formula is C14H22N4O2. The van der Waals surface area contributed by atoms with E-state index >= 15 is 0 Å². The Morgan fingerprint density at radius 2 is 2.20 bits per heavy atom. The number of nitrogens with one attached hydrogen (secondary N) is 2. The van der Waals surface area contributed by atoms with E-state index in [2.05, 4.69) is 27.8 Å². The van der Waals surface area contributed by atoms with Crippen molar-refractivity contribution in [2.45, 2.75) is 26.2 Å². The van der Waals surface area contributed by atoms with Crippen LogP contribution in [0.15, 0.2) is 12.1 Å². The van der Waals surface area contributed by atoms with Gasteiger partial charge < -0.3 is 15.4 Å². The highest BCUT2D eigenvalue weighted by molar-refractivity contribution is 5.92. The second kappa shape index (κ2) is 7.79. The van der Waals surface area contributed by atoms with Gasteiger partial charge in [0.05, 0.1) is 6.61 Å². The number of carbonyl (C=O) groups excluding carboxylic acids is 1. The molecule has 20 heavy (non-hydrogen) atoms. The minimum atomic E-state index is -0.213. The number of rotatable bonds is 9. The smallest absolute Gasteiger partial charge is 0.271 e. The van der Waals surface area contributed by atoms with Crippen molar-refractivity contribution < 1.29 is 9.53 Å². The third kappa shape index (κ3) is 5.13. The molecule has 0 saturated heterocycles. The van der Waals surface area contributed by atoms with E-state index in [0.717, 1.165) is 25.5 Å². The van der Waals surface area contributed by atoms with Gasteiger partial charge in [-0.25, -0.2) is 0 Å². The monoisotopic (exact) mass is 278 g/mol. The molecule has 2 N–H and O–H groups in total. The second-order valence-corrected chi connectivity index (χ2v) is 5.00. The van der Waals surface area contributed by atoms with Crippen molar-refractivity contribution in [1.82, 2.24) is 15.5 Å². The molecule has 0 aromatic carbocycles. The molecule has 0 unspecified atom stereocenters. The summed E-state index contributed by atoms with van der Waals surface area (Å²) < 4.78 is 5.45. The molecule has 1 heterocycles. The highest BCUT2D eigenvalue weighted by Crippen LogP contribution is 2.28. The Morgan fingerprint density at radius 3 is 2.85 bits per heavy atom. The summed E-state index contributed by atoms with van der Waals surface area (Å²) in [5, 5.41) is 13.7. The molecule has 0 aliphatic heterocycles. The van der Waals surface area contributed by atoms with Gasteiger partial charge >= 0.3 is 0 Å². The molecule has 1 aromatic rings. The molecule has 2 rings (SSSR count). The fourth-order valence-corrected chi connectivity index (χ4v) is 1.66. The van der Waals surface area contributed by atoms with Crippen molar-refractivity contribution in [3.8, 4) is 0 Å². The predicted octanol–water partition coefficient (Wildman–Crippen LogP) is 1.45. The lowest BCUT2D eigenvalue weighted by Crippen LogP contribution is -2.28. The average Bonchev–Trinajstić information content (AvgIpc) is 3.29. The Bertz CT molecular complexity index is 418. The number of carbonyl (C=O) groups is 1. The number of ether oxygens (including phenoxy) is 1. The van der Waals surface area contributed by atoms with Crippen LogP contribution in [0.1, 0.15) is 36.7 Å². The summed E-state index contributed by atoms with van der Waals surface area (Å²) in [7, 11) is 0. The quantitative estimate of drug-likeness (QED) is 0.669. The topological polar surface area (TPSA) is 76.1 Å². The summed E-state index contributed by atoms with van der Waals surface area (Å²) in [6, 6.07) is 3.44. The lowest BCUT2D eigenvalue weighted by molar-refractivity contribution is 0.0901. The molecular weight excluding hydrogens is 256 g/mol. The standard InChI is InChI=1S/C14H22N4O2/c1-2-7-15-13-6-5-12(17-18-13)14(19)16-8-9-20-10-11-3-4-11/h5-6,11H,2-4,7-10H2,1H3,(H,15,18)(H,16,19). The van der Waals surface area contributed by atoms with Crippen molar-refractivity contribution in [2.75, 3.05) is 31.6 Å². The van der Waals surface area contributed by atoms with Gasteiger partial charge in [-0.15, -0.1) is 10.2 Å². The Balaban J connectivity index is 1.65. The van der Waals surface area contributed by atoms with Gasteiger partial charge in [-0.3, -0.25) is 4.79 Å². The maximum atomic E-state index is 11.8. The fourth-order valence-electron chi connectivity index (χ4n) is 1.66. The number of amides is 1. The first-order valence-corrected chi connectivity index (χ1v) is 7.23. The Morgan fingerprint density at radius 1 is 1.35 bits per heavy atom. The van der Waals surface area contributed by atoms with Crippen LogP contribution >= 0.6 is 0 Å². The van der Waals surface area contributed by atoms with Gasteiger partial charge in [-0.05, 0) is 37.3 Å². The predicted molar refractivity (Wildman–Crippen MR) is 76.7 cm³/mol. The zero-order chi connectivity index (χ0) is 14.2. The van der Waals surface area contributed by atoms with Crippen LogP contribution in [0.5, 0.6) is 0 Å². The summed E-state index contributed by atoms with van der Waals surface area (Å²) in [6.07, 6.45) is 3.57. The number of hydrogen-bond acceptors (Lipinski definition) is 5. The molecule has 110 valence electrons. The first-order valence-electron chi connectivity index (χ1n) is 7.23. The molecule has 0 bridgehead atoms. The third-order valence-corrected chi connectivity index (χ3v) is 3.04. The van der Waals surface area contributed by atoms with E-state index in [9.17, 15) is 4.79 Å². The van der Waals surface area contributed by atoms with Gasteiger partial charge in [0, 0.05) is 19.7 Å². The van der Waals surface area contributed by atoms with Gasteiger partial charge in [-0.1, -0.05) is 6.92 Å². The summed E-state index contributed by atoms with van der Waals surface area (Å²) >= 11 is 0. The van der Waals surface area contributed by atoms with Gasteiger partial charge in [-0.2, -0.15) is 0 Å². The molecule has 6 nitrogen and oxygen atoms in total. The van der Waals surface area contributed by atoms with Crippen molar-refractivity contribution in [3.05, 3.63) is 17.8 Å². The summed E-state index contributed by atoms with van der Waals surface area (Å²) in [5.74, 6) is 1.23. The molecule has 1 aromatic heterocycles. The van der Waals surface area contributed by atoms with Crippen molar-refractivity contribution in [1.29, 1.82) is 0 Å². The second-order valence-electron chi connectivity index (χ2n) is 5.00. The molecule has 1 fully saturated rings. The molecule has 1 aliphatic carbocycles. The molecule has 1 amide bonds. The Kier molecular flexibility index (Phi) is 5.73. The van der Waals surface area contributed by atoms with Gasteiger partial charge in [0.1, 0.15) is 5.82 Å². The average molecular weight is 278 g/mol. The first kappa shape index (κ1) is 14.7. The van der Waals surface area contributed by atoms with Crippen LogP contribution in [0.4, 0.5) is 5.82 Å². The van der Waals surface area contributed by atoms with Crippen molar-refractivity contribution >= 4 is 11.7 Å². The SMILES string of the molecule is CCCNc1ccc(C(=O)NCCOCC2CC2)nn1. The number of nitrogens with zero attached hydrogens (tertiary/aromatic N) is 2. The fraction of sp³-hybridized carbons (Fsp3) is 0.643. The first-order chi connectivity index (χ1) is 9.79. The van der Waals surface area contributed by atoms with Gasteiger partial charge in [0.25, 0.3) is 5.91 Å². The van der Waals surface area contributed by atoms with Crippen LogP contribution in [0.25, 0.3) is 0 Å². The minimum Gasteiger partial charge on any atom is -0.379 e. The minimum absolute atomic E-state index is 0.213. The lowest BCUT2D eigenvalue weighted by Gasteiger charge is -2.06.